The Labute approximate surface area is 101 Å². The Morgan fingerprint density at radius 2 is 2.06 bits per heavy atom. The molecule has 0 saturated carbocycles. The molecule has 4 heteroatoms. The molecule has 1 N–H and O–H groups in total. The molecule has 1 aromatic carbocycles. The van der Waals surface area contributed by atoms with Crippen LogP contribution in [0.1, 0.15) is 30.5 Å². The molecule has 4 nitrogen and oxygen atoms in total. The van der Waals surface area contributed by atoms with Crippen LogP contribution in [0.2, 0.25) is 0 Å². The van der Waals surface area contributed by atoms with Gasteiger partial charge in [0, 0.05) is 5.69 Å². The van der Waals surface area contributed by atoms with Gasteiger partial charge in [-0.15, -0.1) is 10.2 Å². The van der Waals surface area contributed by atoms with Gasteiger partial charge in [0.15, 0.2) is 5.82 Å². The summed E-state index contributed by atoms with van der Waals surface area (Å²) in [6.07, 6.45) is 2.36. The van der Waals surface area contributed by atoms with Crippen LogP contribution in [0, 0.1) is 6.92 Å². The summed E-state index contributed by atoms with van der Waals surface area (Å²) >= 11 is 0. The summed E-state index contributed by atoms with van der Waals surface area (Å²) in [5.41, 5.74) is 1.14. The molecule has 1 atom stereocenters. The largest absolute Gasteiger partial charge is 0.307 e. The van der Waals surface area contributed by atoms with Crippen molar-refractivity contribution in [3.63, 3.8) is 0 Å². The van der Waals surface area contributed by atoms with E-state index in [0.29, 0.717) is 6.04 Å². The fourth-order valence-electron chi connectivity index (χ4n) is 2.41. The Hall–Kier alpha value is -1.68. The monoisotopic (exact) mass is 228 g/mol. The van der Waals surface area contributed by atoms with Gasteiger partial charge in [0.2, 0.25) is 0 Å². The molecule has 1 aliphatic rings. The summed E-state index contributed by atoms with van der Waals surface area (Å²) in [6.45, 7) is 3.07. The van der Waals surface area contributed by atoms with E-state index < -0.39 is 0 Å². The average Bonchev–Trinajstić information content (AvgIpc) is 2.98. The first kappa shape index (κ1) is 10.5. The smallest absolute Gasteiger partial charge is 0.154 e. The summed E-state index contributed by atoms with van der Waals surface area (Å²) < 4.78 is 2.14. The first-order valence-corrected chi connectivity index (χ1v) is 6.07. The van der Waals surface area contributed by atoms with Crippen molar-refractivity contribution in [3.8, 4) is 5.69 Å². The Balaban J connectivity index is 2.06. The number of rotatable bonds is 2. The van der Waals surface area contributed by atoms with Gasteiger partial charge in [-0.05, 0) is 38.4 Å². The maximum Gasteiger partial charge on any atom is 0.154 e. The Kier molecular flexibility index (Phi) is 2.65. The van der Waals surface area contributed by atoms with Crippen LogP contribution >= 0.6 is 0 Å². The van der Waals surface area contributed by atoms with Gasteiger partial charge in [-0.2, -0.15) is 0 Å². The highest BCUT2D eigenvalue weighted by Crippen LogP contribution is 2.24. The third kappa shape index (κ3) is 1.85. The van der Waals surface area contributed by atoms with Gasteiger partial charge in [0.25, 0.3) is 0 Å². The van der Waals surface area contributed by atoms with Crippen molar-refractivity contribution in [3.05, 3.63) is 42.0 Å². The molecule has 1 aromatic heterocycles. The molecule has 0 amide bonds. The average molecular weight is 228 g/mol. The predicted octanol–water partition coefficient (Wildman–Crippen LogP) is 2.00. The highest BCUT2D eigenvalue weighted by molar-refractivity contribution is 5.34. The van der Waals surface area contributed by atoms with E-state index in [4.69, 9.17) is 0 Å². The van der Waals surface area contributed by atoms with Gasteiger partial charge in [0.05, 0.1) is 6.04 Å². The maximum atomic E-state index is 4.32. The minimum Gasteiger partial charge on any atom is -0.307 e. The van der Waals surface area contributed by atoms with Crippen LogP contribution in [0.5, 0.6) is 0 Å². The Morgan fingerprint density at radius 1 is 1.24 bits per heavy atom. The number of aromatic nitrogens is 3. The summed E-state index contributed by atoms with van der Waals surface area (Å²) in [4.78, 5) is 0. The summed E-state index contributed by atoms with van der Waals surface area (Å²) in [5.74, 6) is 1.98. The van der Waals surface area contributed by atoms with Crippen LogP contribution in [0.3, 0.4) is 0 Å². The minimum absolute atomic E-state index is 0.344. The maximum absolute atomic E-state index is 4.32. The molecule has 0 spiro atoms. The Morgan fingerprint density at radius 3 is 2.76 bits per heavy atom. The van der Waals surface area contributed by atoms with E-state index in [2.05, 4.69) is 32.2 Å². The van der Waals surface area contributed by atoms with Crippen molar-refractivity contribution in [2.24, 2.45) is 0 Å². The molecule has 1 saturated heterocycles. The highest BCUT2D eigenvalue weighted by Gasteiger charge is 2.23. The number of nitrogens with one attached hydrogen (secondary N) is 1. The molecule has 0 bridgehead atoms. The fraction of sp³-hybridized carbons (Fsp3) is 0.385. The zero-order valence-electron chi connectivity index (χ0n) is 9.93. The van der Waals surface area contributed by atoms with Gasteiger partial charge in [0.1, 0.15) is 5.82 Å². The first-order chi connectivity index (χ1) is 8.36. The minimum atomic E-state index is 0.344. The number of aryl methyl sites for hydroxylation is 1. The van der Waals surface area contributed by atoms with Gasteiger partial charge in [-0.3, -0.25) is 4.57 Å². The van der Waals surface area contributed by atoms with Crippen LogP contribution in [0.25, 0.3) is 5.69 Å². The topological polar surface area (TPSA) is 42.7 Å². The number of nitrogens with zero attached hydrogens (tertiary/aromatic N) is 3. The molecule has 1 aliphatic heterocycles. The second-order valence-electron chi connectivity index (χ2n) is 4.43. The van der Waals surface area contributed by atoms with E-state index >= 15 is 0 Å². The van der Waals surface area contributed by atoms with Gasteiger partial charge in [-0.25, -0.2) is 0 Å². The lowest BCUT2D eigenvalue weighted by atomic mass is 10.2. The van der Waals surface area contributed by atoms with E-state index in [1.165, 1.54) is 6.42 Å². The lowest BCUT2D eigenvalue weighted by Crippen LogP contribution is -2.17. The second-order valence-corrected chi connectivity index (χ2v) is 4.43. The van der Waals surface area contributed by atoms with Crippen molar-refractivity contribution >= 4 is 0 Å². The van der Waals surface area contributed by atoms with E-state index in [0.717, 1.165) is 30.3 Å². The summed E-state index contributed by atoms with van der Waals surface area (Å²) in [6, 6.07) is 10.6. The molecule has 1 fully saturated rings. The predicted molar refractivity (Wildman–Crippen MR) is 66.1 cm³/mol. The molecule has 0 radical (unpaired) electrons. The van der Waals surface area contributed by atoms with Crippen LogP contribution in [-0.4, -0.2) is 21.3 Å². The van der Waals surface area contributed by atoms with Crippen molar-refractivity contribution in [2.75, 3.05) is 6.54 Å². The quantitative estimate of drug-likeness (QED) is 0.855. The third-order valence-electron chi connectivity index (χ3n) is 3.24. The van der Waals surface area contributed by atoms with Gasteiger partial charge < -0.3 is 5.32 Å². The molecule has 17 heavy (non-hydrogen) atoms. The molecule has 3 rings (SSSR count). The van der Waals surface area contributed by atoms with Crippen LogP contribution in [0.4, 0.5) is 0 Å². The zero-order valence-corrected chi connectivity index (χ0v) is 9.93. The number of para-hydroxylation sites is 1. The van der Waals surface area contributed by atoms with Crippen molar-refractivity contribution in [1.82, 2.24) is 20.1 Å². The van der Waals surface area contributed by atoms with Crippen molar-refractivity contribution < 1.29 is 0 Å². The van der Waals surface area contributed by atoms with Gasteiger partial charge in [-0.1, -0.05) is 18.2 Å². The van der Waals surface area contributed by atoms with Crippen LogP contribution in [-0.2, 0) is 0 Å². The highest BCUT2D eigenvalue weighted by atomic mass is 15.3. The lowest BCUT2D eigenvalue weighted by Gasteiger charge is -2.13. The number of hydrogen-bond donors (Lipinski definition) is 1. The molecule has 2 aromatic rings. The second kappa shape index (κ2) is 4.30. The van der Waals surface area contributed by atoms with Crippen LogP contribution in [0.15, 0.2) is 30.3 Å². The summed E-state index contributed by atoms with van der Waals surface area (Å²) in [5, 5.41) is 12.0. The molecule has 0 unspecified atom stereocenters. The van der Waals surface area contributed by atoms with Crippen molar-refractivity contribution in [2.45, 2.75) is 25.8 Å². The molecule has 0 aliphatic carbocycles. The van der Waals surface area contributed by atoms with Crippen molar-refractivity contribution in [1.29, 1.82) is 0 Å². The van der Waals surface area contributed by atoms with E-state index in [9.17, 15) is 0 Å². The zero-order chi connectivity index (χ0) is 11.7. The normalized spacial score (nSPS) is 19.7. The van der Waals surface area contributed by atoms with Gasteiger partial charge >= 0.3 is 0 Å². The van der Waals surface area contributed by atoms with E-state index in [1.54, 1.807) is 0 Å². The first-order valence-electron chi connectivity index (χ1n) is 6.07. The van der Waals surface area contributed by atoms with E-state index in [1.807, 2.05) is 25.1 Å². The fourth-order valence-corrected chi connectivity index (χ4v) is 2.41. The standard InChI is InChI=1S/C13H16N4/c1-10-15-16-13(12-8-5-9-14-12)17(10)11-6-3-2-4-7-11/h2-4,6-7,12,14H,5,8-9H2,1H3/t12-/m0/s1. The molecule has 2 heterocycles. The molecular formula is C13H16N4. The van der Waals surface area contributed by atoms with E-state index in [-0.39, 0.29) is 0 Å². The SMILES string of the molecule is Cc1nnc([C@@H]2CCCN2)n1-c1ccccc1. The molecule has 88 valence electrons. The lowest BCUT2D eigenvalue weighted by molar-refractivity contribution is 0.591. The molecular weight excluding hydrogens is 212 g/mol. The third-order valence-corrected chi connectivity index (χ3v) is 3.24. The number of benzene rings is 1. The number of hydrogen-bond acceptors (Lipinski definition) is 3. The summed E-state index contributed by atoms with van der Waals surface area (Å²) in [7, 11) is 0. The Bertz CT molecular complexity index is 497. The van der Waals surface area contributed by atoms with Crippen LogP contribution < -0.4 is 5.32 Å².